The van der Waals surface area contributed by atoms with E-state index in [1.807, 2.05) is 4.90 Å². The van der Waals surface area contributed by atoms with Crippen LogP contribution in [0.25, 0.3) is 0 Å². The van der Waals surface area contributed by atoms with Gasteiger partial charge in [0.2, 0.25) is 11.8 Å². The SMILES string of the molecule is CC(C)(C)CC(=O)N1CSCC1C(=O)N1CCCC1. The molecule has 0 aliphatic carbocycles. The molecule has 0 aromatic rings. The average Bonchev–Trinajstić information content (AvgIpc) is 2.97. The van der Waals surface area contributed by atoms with E-state index in [-0.39, 0.29) is 23.3 Å². The highest BCUT2D eigenvalue weighted by Gasteiger charge is 2.38. The van der Waals surface area contributed by atoms with Crippen LogP contribution in [0.4, 0.5) is 0 Å². The minimum atomic E-state index is -0.224. The van der Waals surface area contributed by atoms with Gasteiger partial charge in [-0.25, -0.2) is 0 Å². The molecule has 108 valence electrons. The molecule has 2 saturated heterocycles. The Morgan fingerprint density at radius 2 is 1.84 bits per heavy atom. The molecule has 2 aliphatic rings. The molecule has 0 N–H and O–H groups in total. The van der Waals surface area contributed by atoms with Crippen molar-refractivity contribution in [2.45, 2.75) is 46.1 Å². The molecule has 2 amide bonds. The summed E-state index contributed by atoms with van der Waals surface area (Å²) in [6.45, 7) is 7.91. The molecule has 2 aliphatic heterocycles. The number of rotatable bonds is 2. The molecule has 0 radical (unpaired) electrons. The molecule has 2 rings (SSSR count). The zero-order valence-electron chi connectivity index (χ0n) is 12.1. The van der Waals surface area contributed by atoms with Crippen LogP contribution in [0.2, 0.25) is 0 Å². The van der Waals surface area contributed by atoms with Crippen molar-refractivity contribution >= 4 is 23.6 Å². The van der Waals surface area contributed by atoms with Gasteiger partial charge in [-0.3, -0.25) is 9.59 Å². The number of hydrogen-bond donors (Lipinski definition) is 0. The van der Waals surface area contributed by atoms with Crippen LogP contribution in [0.1, 0.15) is 40.0 Å². The molecule has 2 heterocycles. The van der Waals surface area contributed by atoms with Gasteiger partial charge in [-0.1, -0.05) is 20.8 Å². The lowest BCUT2D eigenvalue weighted by molar-refractivity contribution is -0.143. The summed E-state index contributed by atoms with van der Waals surface area (Å²) >= 11 is 1.69. The Balaban J connectivity index is 2.00. The summed E-state index contributed by atoms with van der Waals surface area (Å²) in [7, 11) is 0. The second-order valence-electron chi connectivity index (χ2n) is 6.65. The molecule has 1 atom stereocenters. The van der Waals surface area contributed by atoms with Gasteiger partial charge in [0.05, 0.1) is 5.88 Å². The zero-order valence-corrected chi connectivity index (χ0v) is 13.0. The van der Waals surface area contributed by atoms with Gasteiger partial charge < -0.3 is 9.80 Å². The highest BCUT2D eigenvalue weighted by molar-refractivity contribution is 7.99. The molecule has 4 nitrogen and oxygen atoms in total. The lowest BCUT2D eigenvalue weighted by Gasteiger charge is -2.29. The van der Waals surface area contributed by atoms with Gasteiger partial charge in [-0.2, -0.15) is 0 Å². The first kappa shape index (κ1) is 14.7. The van der Waals surface area contributed by atoms with Crippen LogP contribution < -0.4 is 0 Å². The van der Waals surface area contributed by atoms with Crippen LogP contribution >= 0.6 is 11.8 Å². The maximum atomic E-state index is 12.4. The minimum Gasteiger partial charge on any atom is -0.341 e. The molecule has 1 unspecified atom stereocenters. The monoisotopic (exact) mass is 284 g/mol. The zero-order chi connectivity index (χ0) is 14.0. The molecule has 0 bridgehead atoms. The summed E-state index contributed by atoms with van der Waals surface area (Å²) in [5.74, 6) is 1.70. The van der Waals surface area contributed by atoms with Gasteiger partial charge in [0.25, 0.3) is 0 Å². The Morgan fingerprint density at radius 3 is 2.42 bits per heavy atom. The van der Waals surface area contributed by atoms with Gasteiger partial charge >= 0.3 is 0 Å². The fourth-order valence-corrected chi connectivity index (χ4v) is 3.77. The molecule has 0 aromatic heterocycles. The Kier molecular flexibility index (Phi) is 4.43. The van der Waals surface area contributed by atoms with Gasteiger partial charge in [-0.15, -0.1) is 11.8 Å². The minimum absolute atomic E-state index is 0.0222. The van der Waals surface area contributed by atoms with E-state index in [2.05, 4.69) is 20.8 Å². The van der Waals surface area contributed by atoms with Crippen LogP contribution in [0.15, 0.2) is 0 Å². The second kappa shape index (κ2) is 5.73. The van der Waals surface area contributed by atoms with Crippen LogP contribution in [0.5, 0.6) is 0 Å². The normalized spacial score (nSPS) is 24.1. The number of carbonyl (C=O) groups is 2. The van der Waals surface area contributed by atoms with Crippen molar-refractivity contribution in [3.63, 3.8) is 0 Å². The largest absolute Gasteiger partial charge is 0.341 e. The highest BCUT2D eigenvalue weighted by atomic mass is 32.2. The van der Waals surface area contributed by atoms with E-state index < -0.39 is 0 Å². The predicted octanol–water partition coefficient (Wildman–Crippen LogP) is 1.95. The quantitative estimate of drug-likeness (QED) is 0.778. The van der Waals surface area contributed by atoms with Gasteiger partial charge in [-0.05, 0) is 18.3 Å². The third kappa shape index (κ3) is 3.65. The van der Waals surface area contributed by atoms with Crippen LogP contribution in [-0.4, -0.2) is 52.4 Å². The average molecular weight is 284 g/mol. The summed E-state index contributed by atoms with van der Waals surface area (Å²) in [5, 5.41) is 0. The lowest BCUT2D eigenvalue weighted by atomic mass is 9.91. The topological polar surface area (TPSA) is 40.6 Å². The maximum Gasteiger partial charge on any atom is 0.246 e. The number of carbonyl (C=O) groups excluding carboxylic acids is 2. The van der Waals surface area contributed by atoms with Crippen molar-refractivity contribution in [2.75, 3.05) is 24.7 Å². The van der Waals surface area contributed by atoms with E-state index >= 15 is 0 Å². The fraction of sp³-hybridized carbons (Fsp3) is 0.857. The van der Waals surface area contributed by atoms with Crippen LogP contribution in [0.3, 0.4) is 0 Å². The molecule has 19 heavy (non-hydrogen) atoms. The first-order valence-electron chi connectivity index (χ1n) is 7.04. The number of amides is 2. The number of thioether (sulfide) groups is 1. The molecular formula is C14H24N2O2S. The Morgan fingerprint density at radius 1 is 1.21 bits per heavy atom. The van der Waals surface area contributed by atoms with Gasteiger partial charge in [0.15, 0.2) is 0 Å². The van der Waals surface area contributed by atoms with E-state index in [9.17, 15) is 9.59 Å². The van der Waals surface area contributed by atoms with E-state index in [0.717, 1.165) is 31.7 Å². The summed E-state index contributed by atoms with van der Waals surface area (Å²) < 4.78 is 0. The lowest BCUT2D eigenvalue weighted by Crippen LogP contribution is -2.48. The summed E-state index contributed by atoms with van der Waals surface area (Å²) in [6.07, 6.45) is 2.71. The third-order valence-electron chi connectivity index (χ3n) is 3.59. The van der Waals surface area contributed by atoms with Crippen molar-refractivity contribution in [3.8, 4) is 0 Å². The molecule has 5 heteroatoms. The van der Waals surface area contributed by atoms with Gasteiger partial charge in [0.1, 0.15) is 6.04 Å². The van der Waals surface area contributed by atoms with Crippen molar-refractivity contribution in [3.05, 3.63) is 0 Å². The highest BCUT2D eigenvalue weighted by Crippen LogP contribution is 2.28. The summed E-state index contributed by atoms with van der Waals surface area (Å²) in [6, 6.07) is -0.224. The van der Waals surface area contributed by atoms with Gasteiger partial charge in [0, 0.05) is 25.3 Å². The number of likely N-dealkylation sites (tertiary alicyclic amines) is 1. The van der Waals surface area contributed by atoms with E-state index in [1.165, 1.54) is 0 Å². The number of nitrogens with zero attached hydrogens (tertiary/aromatic N) is 2. The summed E-state index contributed by atoms with van der Waals surface area (Å²) in [4.78, 5) is 28.5. The first-order valence-corrected chi connectivity index (χ1v) is 8.20. The maximum absolute atomic E-state index is 12.4. The fourth-order valence-electron chi connectivity index (χ4n) is 2.60. The van der Waals surface area contributed by atoms with Crippen molar-refractivity contribution in [1.29, 1.82) is 0 Å². The Labute approximate surface area is 119 Å². The standard InChI is InChI=1S/C14H24N2O2S/c1-14(2,3)8-12(17)16-10-19-9-11(16)13(18)15-6-4-5-7-15/h11H,4-10H2,1-3H3. The first-order chi connectivity index (χ1) is 8.88. The predicted molar refractivity (Wildman–Crippen MR) is 77.8 cm³/mol. The van der Waals surface area contributed by atoms with Crippen LogP contribution in [0, 0.1) is 5.41 Å². The molecular weight excluding hydrogens is 260 g/mol. The smallest absolute Gasteiger partial charge is 0.246 e. The second-order valence-corrected chi connectivity index (χ2v) is 7.65. The van der Waals surface area contributed by atoms with Crippen LogP contribution in [-0.2, 0) is 9.59 Å². The van der Waals surface area contributed by atoms with E-state index in [0.29, 0.717) is 12.3 Å². The van der Waals surface area contributed by atoms with E-state index in [4.69, 9.17) is 0 Å². The summed E-state index contributed by atoms with van der Waals surface area (Å²) in [5.41, 5.74) is -0.0222. The van der Waals surface area contributed by atoms with Crippen molar-refractivity contribution in [2.24, 2.45) is 5.41 Å². The Bertz CT molecular complexity index is 359. The Hall–Kier alpha value is -0.710. The van der Waals surface area contributed by atoms with Crippen molar-refractivity contribution in [1.82, 2.24) is 9.80 Å². The number of hydrogen-bond acceptors (Lipinski definition) is 3. The molecule has 0 saturated carbocycles. The van der Waals surface area contributed by atoms with E-state index in [1.54, 1.807) is 16.7 Å². The molecule has 0 aromatic carbocycles. The molecule has 0 spiro atoms. The van der Waals surface area contributed by atoms with Crippen molar-refractivity contribution < 1.29 is 9.59 Å². The molecule has 2 fully saturated rings. The third-order valence-corrected chi connectivity index (χ3v) is 4.60.